The van der Waals surface area contributed by atoms with E-state index < -0.39 is 0 Å². The zero-order chi connectivity index (χ0) is 13.3. The topological polar surface area (TPSA) is 72.3 Å². The molecule has 0 saturated heterocycles. The zero-order valence-corrected chi connectivity index (χ0v) is 10.4. The Morgan fingerprint density at radius 3 is 2.41 bits per heavy atom. The first-order chi connectivity index (χ1) is 8.04. The minimum atomic E-state index is -0.219. The summed E-state index contributed by atoms with van der Waals surface area (Å²) in [6.45, 7) is 9.22. The first-order valence-electron chi connectivity index (χ1n) is 5.50. The number of nitrogens with two attached hydrogens (primary N) is 2. The molecule has 1 unspecified atom stereocenters. The van der Waals surface area contributed by atoms with Crippen molar-refractivity contribution in [3.63, 3.8) is 0 Å². The summed E-state index contributed by atoms with van der Waals surface area (Å²) >= 11 is 0. The summed E-state index contributed by atoms with van der Waals surface area (Å²) < 4.78 is 0. The van der Waals surface area contributed by atoms with Crippen LogP contribution in [0.1, 0.15) is 13.3 Å². The minimum Gasteiger partial charge on any atom is -0.398 e. The highest BCUT2D eigenvalue weighted by Gasteiger charge is 2.00. The molecule has 0 aliphatic rings. The molecule has 0 spiro atoms. The Morgan fingerprint density at radius 2 is 1.94 bits per heavy atom. The van der Waals surface area contributed by atoms with Gasteiger partial charge in [-0.05, 0) is 25.0 Å². The van der Waals surface area contributed by atoms with Crippen molar-refractivity contribution in [2.45, 2.75) is 19.4 Å². The van der Waals surface area contributed by atoms with Crippen molar-refractivity contribution in [1.29, 1.82) is 0 Å². The molecule has 1 atom stereocenters. The van der Waals surface area contributed by atoms with E-state index in [4.69, 9.17) is 16.6 Å². The maximum Gasteiger partial charge on any atom is 0.0585 e. The Balaban J connectivity index is 4.68. The molecule has 0 aliphatic heterocycles. The van der Waals surface area contributed by atoms with E-state index in [1.54, 1.807) is 24.3 Å². The molecule has 3 heteroatoms. The maximum atomic E-state index is 8.83. The maximum absolute atomic E-state index is 8.83. The first-order valence-corrected chi connectivity index (χ1v) is 5.50. The number of aliphatic hydroxyl groups is 1. The van der Waals surface area contributed by atoms with Crippen molar-refractivity contribution < 1.29 is 5.11 Å². The average Bonchev–Trinajstić information content (AvgIpc) is 2.32. The molecular formula is C14H22N2O. The van der Waals surface area contributed by atoms with Gasteiger partial charge in [-0.15, -0.1) is 0 Å². The molecule has 0 fully saturated rings. The molecule has 0 aromatic carbocycles. The predicted molar refractivity (Wildman–Crippen MR) is 74.2 cm³/mol. The van der Waals surface area contributed by atoms with Gasteiger partial charge < -0.3 is 16.6 Å². The van der Waals surface area contributed by atoms with Gasteiger partial charge in [0.2, 0.25) is 0 Å². The summed E-state index contributed by atoms with van der Waals surface area (Å²) in [6, 6.07) is -0.219. The smallest absolute Gasteiger partial charge is 0.0585 e. The van der Waals surface area contributed by atoms with Gasteiger partial charge in [0.1, 0.15) is 0 Å². The van der Waals surface area contributed by atoms with E-state index in [2.05, 4.69) is 13.2 Å². The number of allylic oxidation sites excluding steroid dienone is 5. The summed E-state index contributed by atoms with van der Waals surface area (Å²) in [7, 11) is 0. The quantitative estimate of drug-likeness (QED) is 0.588. The van der Waals surface area contributed by atoms with Gasteiger partial charge in [0.15, 0.2) is 0 Å². The Bertz CT molecular complexity index is 351. The lowest BCUT2D eigenvalue weighted by molar-refractivity contribution is 0.265. The standard InChI is InChI=1S/C14H22N2O/c1-4-6-12(5-2)14(16)8-7-11(3)9-13(15)10-17/h4-8,13,17H,1-2,9-10,15-16H2,3H3/b11-7+,12-6+,14-8-. The van der Waals surface area contributed by atoms with Crippen molar-refractivity contribution >= 4 is 0 Å². The summed E-state index contributed by atoms with van der Waals surface area (Å²) in [5.74, 6) is 0. The second-order valence-electron chi connectivity index (χ2n) is 3.84. The predicted octanol–water partition coefficient (Wildman–Crippen LogP) is 1.78. The van der Waals surface area contributed by atoms with Gasteiger partial charge in [0.25, 0.3) is 0 Å². The SMILES string of the molecule is C=C/C=C(C=C)/C(N)=C/C=C(\C)CC(N)CO. The Kier molecular flexibility index (Phi) is 7.76. The molecule has 3 nitrogen and oxygen atoms in total. The first kappa shape index (κ1) is 15.4. The van der Waals surface area contributed by atoms with E-state index in [0.717, 1.165) is 11.1 Å². The summed E-state index contributed by atoms with van der Waals surface area (Å²) in [6.07, 6.45) is 9.48. The fourth-order valence-corrected chi connectivity index (χ4v) is 1.28. The van der Waals surface area contributed by atoms with E-state index in [1.807, 2.05) is 13.0 Å². The Labute approximate surface area is 104 Å². The molecular weight excluding hydrogens is 212 g/mol. The highest BCUT2D eigenvalue weighted by molar-refractivity contribution is 5.40. The van der Waals surface area contributed by atoms with Crippen LogP contribution in [0.3, 0.4) is 0 Å². The minimum absolute atomic E-state index is 0.0152. The Hall–Kier alpha value is -1.58. The lowest BCUT2D eigenvalue weighted by Crippen LogP contribution is -2.24. The van der Waals surface area contributed by atoms with Gasteiger partial charge in [0.05, 0.1) is 6.61 Å². The van der Waals surface area contributed by atoms with Crippen LogP contribution in [0.2, 0.25) is 0 Å². The van der Waals surface area contributed by atoms with Crippen molar-refractivity contribution in [3.05, 3.63) is 60.4 Å². The molecule has 0 aliphatic carbocycles. The van der Waals surface area contributed by atoms with Crippen molar-refractivity contribution in [2.75, 3.05) is 6.61 Å². The fourth-order valence-electron chi connectivity index (χ4n) is 1.28. The second-order valence-corrected chi connectivity index (χ2v) is 3.84. The lowest BCUT2D eigenvalue weighted by atomic mass is 10.1. The van der Waals surface area contributed by atoms with Crippen LogP contribution in [0.25, 0.3) is 0 Å². The number of hydrogen-bond acceptors (Lipinski definition) is 3. The van der Waals surface area contributed by atoms with E-state index in [9.17, 15) is 0 Å². The van der Waals surface area contributed by atoms with Crippen molar-refractivity contribution in [3.8, 4) is 0 Å². The third-order valence-electron chi connectivity index (χ3n) is 2.22. The fraction of sp³-hybridized carbons (Fsp3) is 0.286. The normalized spacial score (nSPS) is 15.6. The van der Waals surface area contributed by atoms with Crippen molar-refractivity contribution in [1.82, 2.24) is 0 Å². The highest BCUT2D eigenvalue weighted by atomic mass is 16.3. The van der Waals surface area contributed by atoms with Gasteiger partial charge in [-0.2, -0.15) is 0 Å². The molecule has 0 aromatic rings. The number of hydrogen-bond donors (Lipinski definition) is 3. The van der Waals surface area contributed by atoms with E-state index >= 15 is 0 Å². The second kappa shape index (κ2) is 8.56. The highest BCUT2D eigenvalue weighted by Crippen LogP contribution is 2.08. The molecule has 0 heterocycles. The van der Waals surface area contributed by atoms with E-state index in [-0.39, 0.29) is 12.6 Å². The largest absolute Gasteiger partial charge is 0.398 e. The molecule has 0 amide bonds. The molecule has 0 aromatic heterocycles. The molecule has 0 bridgehead atoms. The average molecular weight is 234 g/mol. The Morgan fingerprint density at radius 1 is 1.29 bits per heavy atom. The van der Waals surface area contributed by atoms with Crippen LogP contribution in [0.15, 0.2) is 60.4 Å². The van der Waals surface area contributed by atoms with Crippen LogP contribution >= 0.6 is 0 Å². The third-order valence-corrected chi connectivity index (χ3v) is 2.22. The summed E-state index contributed by atoms with van der Waals surface area (Å²) in [5.41, 5.74) is 14.0. The van der Waals surface area contributed by atoms with Gasteiger partial charge in [-0.3, -0.25) is 0 Å². The summed E-state index contributed by atoms with van der Waals surface area (Å²) in [4.78, 5) is 0. The monoisotopic (exact) mass is 234 g/mol. The molecule has 17 heavy (non-hydrogen) atoms. The lowest BCUT2D eigenvalue weighted by Gasteiger charge is -2.07. The molecule has 94 valence electrons. The van der Waals surface area contributed by atoms with Crippen LogP contribution in [-0.4, -0.2) is 17.8 Å². The van der Waals surface area contributed by atoms with Gasteiger partial charge in [-0.1, -0.05) is 43.0 Å². The molecule has 5 N–H and O–H groups in total. The van der Waals surface area contributed by atoms with Crippen LogP contribution in [-0.2, 0) is 0 Å². The van der Waals surface area contributed by atoms with E-state index in [0.29, 0.717) is 12.1 Å². The van der Waals surface area contributed by atoms with Gasteiger partial charge >= 0.3 is 0 Å². The third kappa shape index (κ3) is 6.56. The van der Waals surface area contributed by atoms with Crippen LogP contribution < -0.4 is 11.5 Å². The number of aliphatic hydroxyl groups excluding tert-OH is 1. The van der Waals surface area contributed by atoms with Crippen molar-refractivity contribution in [2.24, 2.45) is 11.5 Å². The zero-order valence-electron chi connectivity index (χ0n) is 10.4. The van der Waals surface area contributed by atoms with Crippen LogP contribution in [0, 0.1) is 0 Å². The summed E-state index contributed by atoms with van der Waals surface area (Å²) in [5, 5.41) is 8.83. The van der Waals surface area contributed by atoms with Crippen LogP contribution in [0.4, 0.5) is 0 Å². The van der Waals surface area contributed by atoms with E-state index in [1.165, 1.54) is 0 Å². The molecule has 0 saturated carbocycles. The number of rotatable bonds is 7. The van der Waals surface area contributed by atoms with Gasteiger partial charge in [0, 0.05) is 11.7 Å². The molecule has 0 rings (SSSR count). The van der Waals surface area contributed by atoms with Gasteiger partial charge in [-0.25, -0.2) is 0 Å². The molecule has 0 radical (unpaired) electrons. The van der Waals surface area contributed by atoms with Crippen LogP contribution in [0.5, 0.6) is 0 Å².